The Morgan fingerprint density at radius 1 is 0.909 bits per heavy atom. The topological polar surface area (TPSA) is 26.0 Å². The molecule has 0 radical (unpaired) electrons. The highest BCUT2D eigenvalue weighted by molar-refractivity contribution is 6.25. The van der Waals surface area contributed by atoms with Gasteiger partial charge in [0.05, 0.1) is 0 Å². The zero-order chi connectivity index (χ0) is 4.12. The van der Waals surface area contributed by atoms with E-state index >= 15 is 0 Å². The van der Waals surface area contributed by atoms with Gasteiger partial charge in [-0.25, -0.2) is 0 Å². The van der Waals surface area contributed by atoms with Gasteiger partial charge in [0, 0.05) is 12.1 Å². The first kappa shape index (κ1) is 53.3. The molecule has 0 aliphatic heterocycles. The molecule has 0 aliphatic rings. The zero-order valence-corrected chi connectivity index (χ0v) is 10.9. The van der Waals surface area contributed by atoms with E-state index in [9.17, 15) is 0 Å². The lowest BCUT2D eigenvalue weighted by Crippen LogP contribution is -1.90. The summed E-state index contributed by atoms with van der Waals surface area (Å²) in [5.74, 6) is 0. The van der Waals surface area contributed by atoms with Crippen molar-refractivity contribution in [1.82, 2.24) is 0 Å². The van der Waals surface area contributed by atoms with Crippen LogP contribution in [0.25, 0.3) is 0 Å². The summed E-state index contributed by atoms with van der Waals surface area (Å²) in [6, 6.07) is 0. The van der Waals surface area contributed by atoms with Crippen molar-refractivity contribution < 1.29 is 0 Å². The molecule has 0 fully saturated rings. The van der Waals surface area contributed by atoms with Gasteiger partial charge in [-0.3, -0.25) is 0 Å². The number of halogens is 7. The molecule has 0 amide bonds. The Balaban J connectivity index is -0.00000000533. The lowest BCUT2D eigenvalue weighted by molar-refractivity contribution is 1.26. The first-order valence-corrected chi connectivity index (χ1v) is 1.80. The van der Waals surface area contributed by atoms with E-state index in [2.05, 4.69) is 0 Å². The van der Waals surface area contributed by atoms with Crippen LogP contribution < -0.4 is 5.73 Å². The molecule has 0 heterocycles. The molecule has 0 saturated heterocycles. The van der Waals surface area contributed by atoms with E-state index in [1.54, 1.807) is 6.08 Å². The fourth-order valence-electron chi connectivity index (χ4n) is 0.0514. The van der Waals surface area contributed by atoms with Gasteiger partial charge < -0.3 is 5.73 Å². The molecule has 0 aliphatic carbocycles. The van der Waals surface area contributed by atoms with Crippen LogP contribution in [0.3, 0.4) is 0 Å². The second-order valence-electron chi connectivity index (χ2n) is 0.597. The summed E-state index contributed by atoms with van der Waals surface area (Å²) < 4.78 is 0. The predicted octanol–water partition coefficient (Wildman–Crippen LogP) is 3.23. The summed E-state index contributed by atoms with van der Waals surface area (Å²) in [5.41, 5.74) is 6.37. The maximum Gasteiger partial charge on any atom is 0.0118 e. The van der Waals surface area contributed by atoms with Crippen molar-refractivity contribution in [2.75, 3.05) is 6.54 Å². The monoisotopic (exact) mass is 307 g/mol. The van der Waals surface area contributed by atoms with Crippen LogP contribution in [0.4, 0.5) is 0 Å². The third-order valence-corrected chi connectivity index (χ3v) is 0.403. The highest BCUT2D eigenvalue weighted by Gasteiger charge is 1.53. The lowest BCUT2D eigenvalue weighted by Gasteiger charge is -1.65. The molecule has 2 N–H and O–H groups in total. The summed E-state index contributed by atoms with van der Waals surface area (Å²) >= 11 is 5.04. The SMILES string of the molecule is Cl.Cl.Cl.Cl.Cl.Cl.NCC=CCl. The summed E-state index contributed by atoms with van der Waals surface area (Å²) in [6.07, 6.45) is 1.67. The molecule has 0 bridgehead atoms. The molecule has 1 nitrogen and oxygen atoms in total. The molecule has 11 heavy (non-hydrogen) atoms. The molecular weight excluding hydrogens is 298 g/mol. The van der Waals surface area contributed by atoms with Gasteiger partial charge in [0.1, 0.15) is 0 Å². The Hall–Kier alpha value is 1.73. The molecule has 0 rings (SSSR count). The largest absolute Gasteiger partial charge is 0.327 e. The number of hydrogen-bond acceptors (Lipinski definition) is 1. The highest BCUT2D eigenvalue weighted by Crippen LogP contribution is 1.70. The van der Waals surface area contributed by atoms with Crippen LogP contribution in [0.2, 0.25) is 0 Å². The molecular formula is C3H12Cl7N. The molecule has 0 aromatic carbocycles. The molecule has 78 valence electrons. The number of hydrogen-bond donors (Lipinski definition) is 1. The third kappa shape index (κ3) is 79.8. The smallest absolute Gasteiger partial charge is 0.0118 e. The van der Waals surface area contributed by atoms with Crippen molar-refractivity contribution in [3.63, 3.8) is 0 Å². The van der Waals surface area contributed by atoms with Gasteiger partial charge in [-0.1, -0.05) is 17.7 Å². The molecule has 0 aromatic heterocycles. The Morgan fingerprint density at radius 3 is 1.18 bits per heavy atom. The standard InChI is InChI=1S/C3H6ClN.6ClH/c4-2-1-3-5;;;;;;/h1-2H,3,5H2;6*1H. The van der Waals surface area contributed by atoms with E-state index in [1.165, 1.54) is 5.54 Å². The molecule has 0 spiro atoms. The van der Waals surface area contributed by atoms with Crippen LogP contribution in [0, 0.1) is 0 Å². The normalized spacial score (nSPS) is 4.55. The minimum absolute atomic E-state index is 0. The van der Waals surface area contributed by atoms with Gasteiger partial charge in [0.25, 0.3) is 0 Å². The van der Waals surface area contributed by atoms with E-state index in [0.717, 1.165) is 0 Å². The van der Waals surface area contributed by atoms with Crippen molar-refractivity contribution in [3.8, 4) is 0 Å². The molecule has 0 aromatic rings. The summed E-state index contributed by atoms with van der Waals surface area (Å²) in [4.78, 5) is 0. The van der Waals surface area contributed by atoms with Crippen LogP contribution in [0.5, 0.6) is 0 Å². The average Bonchev–Trinajstić information content (AvgIpc) is 1.41. The van der Waals surface area contributed by atoms with Gasteiger partial charge in [-0.2, -0.15) is 0 Å². The van der Waals surface area contributed by atoms with Crippen molar-refractivity contribution >= 4 is 86.0 Å². The Kier molecular flexibility index (Phi) is 293. The first-order chi connectivity index (χ1) is 2.41. The number of nitrogens with two attached hydrogens (primary N) is 1. The van der Waals surface area contributed by atoms with Gasteiger partial charge in [0.2, 0.25) is 0 Å². The summed E-state index contributed by atoms with van der Waals surface area (Å²) in [6.45, 7) is 0.531. The van der Waals surface area contributed by atoms with Crippen LogP contribution >= 0.6 is 86.0 Å². The van der Waals surface area contributed by atoms with Gasteiger partial charge in [0.15, 0.2) is 0 Å². The Labute approximate surface area is 109 Å². The van der Waals surface area contributed by atoms with Crippen molar-refractivity contribution in [2.45, 2.75) is 0 Å². The van der Waals surface area contributed by atoms with Crippen LogP contribution in [0.1, 0.15) is 0 Å². The van der Waals surface area contributed by atoms with E-state index in [0.29, 0.717) is 6.54 Å². The minimum Gasteiger partial charge on any atom is -0.327 e. The first-order valence-electron chi connectivity index (χ1n) is 1.37. The minimum atomic E-state index is 0. The Morgan fingerprint density at radius 2 is 1.18 bits per heavy atom. The molecule has 8 heteroatoms. The quantitative estimate of drug-likeness (QED) is 0.790. The molecule has 0 atom stereocenters. The van der Waals surface area contributed by atoms with Crippen LogP contribution in [0.15, 0.2) is 11.6 Å². The zero-order valence-electron chi connectivity index (χ0n) is 5.27. The van der Waals surface area contributed by atoms with E-state index in [1.807, 2.05) is 0 Å². The van der Waals surface area contributed by atoms with Gasteiger partial charge >= 0.3 is 0 Å². The van der Waals surface area contributed by atoms with Crippen molar-refractivity contribution in [2.24, 2.45) is 5.73 Å². The molecule has 0 saturated carbocycles. The van der Waals surface area contributed by atoms with E-state index < -0.39 is 0 Å². The van der Waals surface area contributed by atoms with Crippen molar-refractivity contribution in [1.29, 1.82) is 0 Å². The van der Waals surface area contributed by atoms with E-state index in [4.69, 9.17) is 17.3 Å². The maximum absolute atomic E-state index is 5.04. The fraction of sp³-hybridized carbons (Fsp3) is 0.333. The molecule has 0 unspecified atom stereocenters. The van der Waals surface area contributed by atoms with Crippen LogP contribution in [-0.2, 0) is 0 Å². The van der Waals surface area contributed by atoms with E-state index in [-0.39, 0.29) is 74.4 Å². The van der Waals surface area contributed by atoms with Crippen molar-refractivity contribution in [3.05, 3.63) is 11.6 Å². The summed E-state index contributed by atoms with van der Waals surface area (Å²) in [7, 11) is 0. The number of rotatable bonds is 1. The van der Waals surface area contributed by atoms with Crippen LogP contribution in [-0.4, -0.2) is 6.54 Å². The average molecular weight is 310 g/mol. The second-order valence-corrected chi connectivity index (χ2v) is 0.849. The second kappa shape index (κ2) is 60.4. The third-order valence-electron chi connectivity index (χ3n) is 0.225. The lowest BCUT2D eigenvalue weighted by atomic mass is 10.7. The maximum atomic E-state index is 5.04. The predicted molar refractivity (Wildman–Crippen MR) is 67.5 cm³/mol. The highest BCUT2D eigenvalue weighted by atomic mass is 35.5. The van der Waals surface area contributed by atoms with Gasteiger partial charge in [-0.05, 0) is 0 Å². The Bertz CT molecular complexity index is 40.7. The van der Waals surface area contributed by atoms with Gasteiger partial charge in [-0.15, -0.1) is 74.4 Å². The fourth-order valence-corrected chi connectivity index (χ4v) is 0.154. The summed E-state index contributed by atoms with van der Waals surface area (Å²) in [5, 5.41) is 0.